The first-order chi connectivity index (χ1) is 3.81. The number of rotatable bonds is 4. The molecule has 5 heteroatoms. The molecule has 0 fully saturated rings. The Hall–Kier alpha value is -0.490. The van der Waals surface area contributed by atoms with Crippen LogP contribution in [0.2, 0.25) is 0 Å². The summed E-state index contributed by atoms with van der Waals surface area (Å²) in [5, 5.41) is 8.32. The van der Waals surface area contributed by atoms with Crippen molar-refractivity contribution in [1.82, 2.24) is 5.39 Å². The third-order valence-corrected chi connectivity index (χ3v) is 0.409. The van der Waals surface area contributed by atoms with Crippen molar-refractivity contribution >= 4 is 6.29 Å². The zero-order chi connectivity index (χ0) is 6.41. The number of carbonyl (C=O) groups excluding carboxylic acids is 1. The Morgan fingerprint density at radius 3 is 2.88 bits per heavy atom. The quantitative estimate of drug-likeness (QED) is 0.396. The Labute approximate surface area is 46.3 Å². The standard InChI is InChI=1S/C3H7NO4/c1-7-4(6)8-3-2-5/h2,6H,3H2,1H3. The van der Waals surface area contributed by atoms with E-state index < -0.39 is 0 Å². The Bertz CT molecular complexity index is 66.3. The molecule has 0 saturated heterocycles. The van der Waals surface area contributed by atoms with E-state index in [9.17, 15) is 4.79 Å². The summed E-state index contributed by atoms with van der Waals surface area (Å²) in [6, 6.07) is 0. The van der Waals surface area contributed by atoms with Gasteiger partial charge in [-0.15, -0.1) is 0 Å². The maximum Gasteiger partial charge on any atom is 0.147 e. The third kappa shape index (κ3) is 3.69. The molecule has 0 radical (unpaired) electrons. The van der Waals surface area contributed by atoms with Gasteiger partial charge in [-0.05, 0) is 0 Å². The van der Waals surface area contributed by atoms with E-state index in [1.165, 1.54) is 7.11 Å². The van der Waals surface area contributed by atoms with Gasteiger partial charge in [-0.25, -0.2) is 4.84 Å². The van der Waals surface area contributed by atoms with Crippen molar-refractivity contribution in [2.45, 2.75) is 0 Å². The molecule has 0 aliphatic rings. The molecule has 0 heterocycles. The normalized spacial score (nSPS) is 9.88. The van der Waals surface area contributed by atoms with Crippen LogP contribution >= 0.6 is 0 Å². The molecular weight excluding hydrogens is 114 g/mol. The van der Waals surface area contributed by atoms with Gasteiger partial charge in [0.05, 0.1) is 12.5 Å². The number of aldehydes is 1. The largest absolute Gasteiger partial charge is 0.301 e. The van der Waals surface area contributed by atoms with Gasteiger partial charge in [-0.2, -0.15) is 0 Å². The molecule has 0 amide bonds. The van der Waals surface area contributed by atoms with Crippen molar-refractivity contribution in [2.75, 3.05) is 13.7 Å². The smallest absolute Gasteiger partial charge is 0.147 e. The van der Waals surface area contributed by atoms with Crippen molar-refractivity contribution in [3.8, 4) is 0 Å². The minimum Gasteiger partial charge on any atom is -0.301 e. The highest BCUT2D eigenvalue weighted by Gasteiger charge is 1.92. The van der Waals surface area contributed by atoms with Crippen LogP contribution in [0, 0.1) is 0 Å². The van der Waals surface area contributed by atoms with Crippen LogP contribution < -0.4 is 0 Å². The predicted molar refractivity (Wildman–Crippen MR) is 22.7 cm³/mol. The van der Waals surface area contributed by atoms with Crippen LogP contribution in [0.1, 0.15) is 0 Å². The molecular formula is C3H7NO4. The molecule has 0 aromatic heterocycles. The number of hydrogen-bond donors (Lipinski definition) is 1. The fraction of sp³-hybridized carbons (Fsp3) is 0.667. The summed E-state index contributed by atoms with van der Waals surface area (Å²) in [5.41, 5.74) is 0. The van der Waals surface area contributed by atoms with Crippen LogP contribution in [-0.4, -0.2) is 30.6 Å². The van der Waals surface area contributed by atoms with Crippen LogP contribution in [0.15, 0.2) is 0 Å². The van der Waals surface area contributed by atoms with E-state index in [4.69, 9.17) is 5.21 Å². The Balaban J connectivity index is 2.97. The molecule has 5 nitrogen and oxygen atoms in total. The van der Waals surface area contributed by atoms with Gasteiger partial charge >= 0.3 is 0 Å². The first-order valence-corrected chi connectivity index (χ1v) is 1.91. The van der Waals surface area contributed by atoms with E-state index in [-0.39, 0.29) is 12.0 Å². The highest BCUT2D eigenvalue weighted by atomic mass is 17.1. The predicted octanol–water partition coefficient (Wildman–Crippen LogP) is -0.631. The molecule has 0 spiro atoms. The molecule has 0 saturated carbocycles. The van der Waals surface area contributed by atoms with Gasteiger partial charge in [0, 0.05) is 0 Å². The summed E-state index contributed by atoms with van der Waals surface area (Å²) >= 11 is 0. The lowest BCUT2D eigenvalue weighted by Gasteiger charge is -2.06. The number of hydrogen-bond acceptors (Lipinski definition) is 5. The third-order valence-electron chi connectivity index (χ3n) is 0.409. The summed E-state index contributed by atoms with van der Waals surface area (Å²) in [6.07, 6.45) is 0.488. The van der Waals surface area contributed by atoms with Gasteiger partial charge in [0.2, 0.25) is 0 Å². The van der Waals surface area contributed by atoms with Crippen molar-refractivity contribution < 1.29 is 19.7 Å². The first kappa shape index (κ1) is 7.51. The topological polar surface area (TPSA) is 59.0 Å². The lowest BCUT2D eigenvalue weighted by atomic mass is 10.9. The molecule has 48 valence electrons. The molecule has 0 aromatic rings. The van der Waals surface area contributed by atoms with E-state index in [1.807, 2.05) is 0 Å². The van der Waals surface area contributed by atoms with Crippen LogP contribution in [0.3, 0.4) is 0 Å². The SMILES string of the molecule is CON(O)OCC=O. The van der Waals surface area contributed by atoms with E-state index in [0.29, 0.717) is 6.29 Å². The maximum absolute atomic E-state index is 9.51. The minimum absolute atomic E-state index is 0.106. The second kappa shape index (κ2) is 4.66. The van der Waals surface area contributed by atoms with E-state index in [0.717, 1.165) is 0 Å². The Morgan fingerprint density at radius 2 is 2.50 bits per heavy atom. The van der Waals surface area contributed by atoms with E-state index in [1.54, 1.807) is 0 Å². The average Bonchev–Trinajstić information content (AvgIpc) is 1.83. The molecule has 0 bridgehead atoms. The van der Waals surface area contributed by atoms with Gasteiger partial charge in [0.1, 0.15) is 12.9 Å². The van der Waals surface area contributed by atoms with Crippen LogP contribution in [-0.2, 0) is 14.5 Å². The van der Waals surface area contributed by atoms with Gasteiger partial charge < -0.3 is 4.79 Å². The van der Waals surface area contributed by atoms with Gasteiger partial charge in [0.25, 0.3) is 0 Å². The molecule has 1 N–H and O–H groups in total. The molecule has 0 aliphatic carbocycles. The van der Waals surface area contributed by atoms with Crippen LogP contribution in [0.25, 0.3) is 0 Å². The van der Waals surface area contributed by atoms with Crippen molar-refractivity contribution in [3.63, 3.8) is 0 Å². The number of nitrogens with zero attached hydrogens (tertiary/aromatic N) is 1. The average molecular weight is 121 g/mol. The molecule has 0 rings (SSSR count). The zero-order valence-electron chi connectivity index (χ0n) is 4.40. The summed E-state index contributed by atoms with van der Waals surface area (Å²) in [4.78, 5) is 17.7. The first-order valence-electron chi connectivity index (χ1n) is 1.91. The fourth-order valence-corrected chi connectivity index (χ4v) is 0.147. The lowest BCUT2D eigenvalue weighted by molar-refractivity contribution is -0.498. The van der Waals surface area contributed by atoms with Crippen LogP contribution in [0.4, 0.5) is 0 Å². The van der Waals surface area contributed by atoms with Gasteiger partial charge in [0.15, 0.2) is 0 Å². The Kier molecular flexibility index (Phi) is 4.38. The summed E-state index contributed by atoms with van der Waals surface area (Å²) < 4.78 is 0. The summed E-state index contributed by atoms with van der Waals surface area (Å²) in [7, 11) is 1.20. The van der Waals surface area contributed by atoms with Crippen molar-refractivity contribution in [2.24, 2.45) is 0 Å². The monoisotopic (exact) mass is 121 g/mol. The molecule has 0 atom stereocenters. The van der Waals surface area contributed by atoms with Crippen molar-refractivity contribution in [3.05, 3.63) is 0 Å². The molecule has 0 unspecified atom stereocenters. The zero-order valence-corrected chi connectivity index (χ0v) is 4.40. The highest BCUT2D eigenvalue weighted by Crippen LogP contribution is 1.78. The summed E-state index contributed by atoms with van der Waals surface area (Å²) in [6.45, 7) is -0.218. The Morgan fingerprint density at radius 1 is 1.88 bits per heavy atom. The van der Waals surface area contributed by atoms with Gasteiger partial charge in [-0.1, -0.05) is 0 Å². The second-order valence-electron chi connectivity index (χ2n) is 0.883. The van der Waals surface area contributed by atoms with Gasteiger partial charge in [-0.3, -0.25) is 10.0 Å². The minimum atomic E-state index is -0.218. The molecule has 0 aliphatic heterocycles. The van der Waals surface area contributed by atoms with Crippen molar-refractivity contribution in [1.29, 1.82) is 0 Å². The van der Waals surface area contributed by atoms with E-state index in [2.05, 4.69) is 9.68 Å². The highest BCUT2D eigenvalue weighted by molar-refractivity contribution is 5.50. The molecule has 8 heavy (non-hydrogen) atoms. The van der Waals surface area contributed by atoms with Crippen LogP contribution in [0.5, 0.6) is 0 Å². The maximum atomic E-state index is 9.51. The fourth-order valence-electron chi connectivity index (χ4n) is 0.147. The lowest BCUT2D eigenvalue weighted by Crippen LogP contribution is -2.18. The summed E-state index contributed by atoms with van der Waals surface area (Å²) in [5.74, 6) is 0. The number of carbonyl (C=O) groups is 1. The second-order valence-corrected chi connectivity index (χ2v) is 0.883. The molecule has 0 aromatic carbocycles. The van der Waals surface area contributed by atoms with E-state index >= 15 is 0 Å².